The molecule has 4 aliphatic rings. The number of para-hydroxylation sites is 1. The van der Waals surface area contributed by atoms with Gasteiger partial charge in [0, 0.05) is 23.9 Å². The molecule has 1 spiro atoms. The first-order chi connectivity index (χ1) is 12.3. The lowest BCUT2D eigenvalue weighted by atomic mass is 9.76. The van der Waals surface area contributed by atoms with Crippen LogP contribution in [0.25, 0.3) is 0 Å². The molecule has 0 bridgehead atoms. The molecule has 4 aliphatic heterocycles. The monoisotopic (exact) mass is 334 g/mol. The first-order valence-corrected chi connectivity index (χ1v) is 8.79. The van der Waals surface area contributed by atoms with Gasteiger partial charge in [-0.3, -0.25) is 4.99 Å². The van der Waals surface area contributed by atoms with Crippen molar-refractivity contribution in [3.05, 3.63) is 47.5 Å². The number of aliphatic imine (C=N–C) groups is 1. The number of nitrogens with zero attached hydrogens (tertiary/aromatic N) is 2. The third kappa shape index (κ3) is 1.56. The summed E-state index contributed by atoms with van der Waals surface area (Å²) in [4.78, 5) is 7.36. The highest BCUT2D eigenvalue weighted by molar-refractivity contribution is 6.16. The van der Waals surface area contributed by atoms with Gasteiger partial charge in [-0.05, 0) is 24.6 Å². The highest BCUT2D eigenvalue weighted by atomic mass is 16.6. The molecule has 126 valence electrons. The van der Waals surface area contributed by atoms with E-state index in [1.54, 1.807) is 0 Å². The SMILES string of the molecule is CC1CN2C(=N1)C1(COc3cc4c(cc31)OCCO4)c1ccccc12. The van der Waals surface area contributed by atoms with Crippen molar-refractivity contribution in [2.75, 3.05) is 31.3 Å². The van der Waals surface area contributed by atoms with Crippen LogP contribution in [0.15, 0.2) is 41.4 Å². The topological polar surface area (TPSA) is 43.3 Å². The van der Waals surface area contributed by atoms with E-state index in [1.165, 1.54) is 11.3 Å². The van der Waals surface area contributed by atoms with E-state index < -0.39 is 0 Å². The Morgan fingerprint density at radius 3 is 2.68 bits per heavy atom. The molecular weight excluding hydrogens is 316 g/mol. The molecule has 0 N–H and O–H groups in total. The van der Waals surface area contributed by atoms with Gasteiger partial charge in [-0.25, -0.2) is 0 Å². The Bertz CT molecular complexity index is 939. The van der Waals surface area contributed by atoms with E-state index in [0.717, 1.165) is 35.2 Å². The van der Waals surface area contributed by atoms with Crippen molar-refractivity contribution >= 4 is 11.5 Å². The number of rotatable bonds is 0. The van der Waals surface area contributed by atoms with Gasteiger partial charge in [-0.1, -0.05) is 18.2 Å². The Kier molecular flexibility index (Phi) is 2.43. The lowest BCUT2D eigenvalue weighted by Crippen LogP contribution is -2.40. The van der Waals surface area contributed by atoms with Crippen LogP contribution in [0.2, 0.25) is 0 Å². The van der Waals surface area contributed by atoms with E-state index in [0.29, 0.717) is 25.9 Å². The van der Waals surface area contributed by atoms with Gasteiger partial charge in [0.2, 0.25) is 0 Å². The molecule has 4 heterocycles. The first kappa shape index (κ1) is 13.6. The molecule has 0 amide bonds. The molecule has 5 heteroatoms. The van der Waals surface area contributed by atoms with Gasteiger partial charge in [0.25, 0.3) is 0 Å². The summed E-state index contributed by atoms with van der Waals surface area (Å²) in [6.07, 6.45) is 0. The number of anilines is 1. The van der Waals surface area contributed by atoms with E-state index >= 15 is 0 Å². The van der Waals surface area contributed by atoms with E-state index in [2.05, 4.69) is 42.2 Å². The molecule has 0 saturated heterocycles. The second-order valence-electron chi connectivity index (χ2n) is 7.12. The second kappa shape index (κ2) is 4.48. The third-order valence-electron chi connectivity index (χ3n) is 5.63. The third-order valence-corrected chi connectivity index (χ3v) is 5.63. The van der Waals surface area contributed by atoms with E-state index in [-0.39, 0.29) is 5.41 Å². The zero-order valence-corrected chi connectivity index (χ0v) is 14.0. The number of benzene rings is 2. The fraction of sp³-hybridized carbons (Fsp3) is 0.350. The Morgan fingerprint density at radius 2 is 1.80 bits per heavy atom. The van der Waals surface area contributed by atoms with Gasteiger partial charge in [-0.15, -0.1) is 0 Å². The minimum Gasteiger partial charge on any atom is -0.491 e. The average molecular weight is 334 g/mol. The summed E-state index contributed by atoms with van der Waals surface area (Å²) in [5.74, 6) is 3.56. The van der Waals surface area contributed by atoms with Crippen molar-refractivity contribution in [2.45, 2.75) is 18.4 Å². The molecule has 2 aromatic carbocycles. The molecule has 0 radical (unpaired) electrons. The molecule has 6 rings (SSSR count). The van der Waals surface area contributed by atoms with E-state index in [9.17, 15) is 0 Å². The zero-order valence-electron chi connectivity index (χ0n) is 14.0. The van der Waals surface area contributed by atoms with Crippen LogP contribution in [0, 0.1) is 0 Å². The van der Waals surface area contributed by atoms with Crippen LogP contribution in [0.1, 0.15) is 18.1 Å². The van der Waals surface area contributed by atoms with Crippen molar-refractivity contribution in [1.29, 1.82) is 0 Å². The van der Waals surface area contributed by atoms with E-state index in [1.807, 2.05) is 6.07 Å². The summed E-state index contributed by atoms with van der Waals surface area (Å²) < 4.78 is 17.7. The van der Waals surface area contributed by atoms with Crippen LogP contribution in [0.4, 0.5) is 5.69 Å². The highest BCUT2D eigenvalue weighted by Crippen LogP contribution is 2.56. The van der Waals surface area contributed by atoms with Gasteiger partial charge in [0.1, 0.15) is 36.8 Å². The van der Waals surface area contributed by atoms with Gasteiger partial charge >= 0.3 is 0 Å². The fourth-order valence-corrected chi connectivity index (χ4v) is 4.61. The Balaban J connectivity index is 1.63. The van der Waals surface area contributed by atoms with Crippen LogP contribution in [0.3, 0.4) is 0 Å². The van der Waals surface area contributed by atoms with Crippen LogP contribution in [-0.2, 0) is 5.41 Å². The normalized spacial score (nSPS) is 27.6. The first-order valence-electron chi connectivity index (χ1n) is 8.79. The standard InChI is InChI=1S/C20H18N2O3/c1-12-10-22-15-5-3-2-4-13(15)20(19(22)21-12)11-25-16-9-18-17(8-14(16)20)23-6-7-24-18/h2-5,8-9,12H,6-7,10-11H2,1H3. The molecule has 2 atom stereocenters. The predicted octanol–water partition coefficient (Wildman–Crippen LogP) is 2.76. The molecule has 5 nitrogen and oxygen atoms in total. The maximum Gasteiger partial charge on any atom is 0.165 e. The molecule has 0 aliphatic carbocycles. The van der Waals surface area contributed by atoms with E-state index in [4.69, 9.17) is 19.2 Å². The molecule has 0 aromatic heterocycles. The smallest absolute Gasteiger partial charge is 0.165 e. The molecule has 25 heavy (non-hydrogen) atoms. The number of hydrogen-bond acceptors (Lipinski definition) is 5. The molecule has 0 fully saturated rings. The Hall–Kier alpha value is -2.69. The van der Waals surface area contributed by atoms with Crippen LogP contribution in [-0.4, -0.2) is 38.2 Å². The quantitative estimate of drug-likeness (QED) is 0.743. The highest BCUT2D eigenvalue weighted by Gasteiger charge is 2.57. The minimum absolute atomic E-state index is 0.293. The van der Waals surface area contributed by atoms with Gasteiger partial charge in [-0.2, -0.15) is 0 Å². The summed E-state index contributed by atoms with van der Waals surface area (Å²) in [5.41, 5.74) is 3.32. The van der Waals surface area contributed by atoms with Gasteiger partial charge < -0.3 is 19.1 Å². The number of fused-ring (bicyclic) bond motifs is 8. The molecule has 0 saturated carbocycles. The summed E-state index contributed by atoms with van der Waals surface area (Å²) >= 11 is 0. The minimum atomic E-state index is -0.341. The van der Waals surface area contributed by atoms with Gasteiger partial charge in [0.05, 0.1) is 6.04 Å². The summed E-state index contributed by atoms with van der Waals surface area (Å²) in [6, 6.07) is 13.0. The average Bonchev–Trinajstić information content (AvgIpc) is 3.27. The van der Waals surface area contributed by atoms with Crippen LogP contribution >= 0.6 is 0 Å². The van der Waals surface area contributed by atoms with Gasteiger partial charge in [0.15, 0.2) is 11.5 Å². The second-order valence-corrected chi connectivity index (χ2v) is 7.12. The number of hydrogen-bond donors (Lipinski definition) is 0. The summed E-state index contributed by atoms with van der Waals surface area (Å²) in [6.45, 7) is 4.83. The largest absolute Gasteiger partial charge is 0.491 e. The van der Waals surface area contributed by atoms with Crippen molar-refractivity contribution < 1.29 is 14.2 Å². The van der Waals surface area contributed by atoms with Crippen molar-refractivity contribution in [3.8, 4) is 17.2 Å². The maximum atomic E-state index is 6.16. The molecule has 2 unspecified atom stereocenters. The number of ether oxygens (including phenoxy) is 3. The van der Waals surface area contributed by atoms with Crippen molar-refractivity contribution in [2.24, 2.45) is 4.99 Å². The fourth-order valence-electron chi connectivity index (χ4n) is 4.61. The Morgan fingerprint density at radius 1 is 1.00 bits per heavy atom. The predicted molar refractivity (Wildman–Crippen MR) is 94.4 cm³/mol. The lowest BCUT2D eigenvalue weighted by molar-refractivity contribution is 0.171. The zero-order chi connectivity index (χ0) is 16.6. The lowest BCUT2D eigenvalue weighted by Gasteiger charge is -2.25. The van der Waals surface area contributed by atoms with Crippen LogP contribution in [0.5, 0.6) is 17.2 Å². The Labute approximate surface area is 145 Å². The molecular formula is C20H18N2O3. The summed E-state index contributed by atoms with van der Waals surface area (Å²) in [5, 5.41) is 0. The van der Waals surface area contributed by atoms with Crippen LogP contribution < -0.4 is 19.1 Å². The maximum absolute atomic E-state index is 6.16. The van der Waals surface area contributed by atoms with Crippen molar-refractivity contribution in [1.82, 2.24) is 0 Å². The number of amidine groups is 1. The van der Waals surface area contributed by atoms with Crippen molar-refractivity contribution in [3.63, 3.8) is 0 Å². The molecule has 2 aromatic rings. The summed E-state index contributed by atoms with van der Waals surface area (Å²) in [7, 11) is 0.